The van der Waals surface area contributed by atoms with Crippen LogP contribution in [0.25, 0.3) is 88.3 Å². The van der Waals surface area contributed by atoms with Crippen molar-refractivity contribution in [3.63, 3.8) is 0 Å². The van der Waals surface area contributed by atoms with Crippen LogP contribution < -0.4 is 0 Å². The van der Waals surface area contributed by atoms with Crippen LogP contribution in [0.15, 0.2) is 229 Å². The minimum absolute atomic E-state index is 0.0101. The molecule has 0 saturated heterocycles. The number of rotatable bonds is 7. The van der Waals surface area contributed by atoms with Crippen molar-refractivity contribution in [2.24, 2.45) is 0 Å². The predicted molar refractivity (Wildman–Crippen MR) is 264 cm³/mol. The maximum atomic E-state index is 6.21. The fraction of sp³-hybridized carbons (Fsp3) is 0.0645. The van der Waals surface area contributed by atoms with Crippen LogP contribution in [0.5, 0.6) is 0 Å². The Hall–Kier alpha value is -7.74. The van der Waals surface area contributed by atoms with Gasteiger partial charge in [0.25, 0.3) is 0 Å². The largest absolute Gasteiger partial charge is 0.456 e. The monoisotopic (exact) mass is 804 g/mol. The van der Waals surface area contributed by atoms with Crippen molar-refractivity contribution in [2.75, 3.05) is 0 Å². The lowest BCUT2D eigenvalue weighted by molar-refractivity contribution is 0.659. The average Bonchev–Trinajstić information content (AvgIpc) is 3.82. The lowest BCUT2D eigenvalue weighted by atomic mass is 9.78. The maximum absolute atomic E-state index is 6.21. The van der Waals surface area contributed by atoms with Crippen molar-refractivity contribution in [3.05, 3.63) is 252 Å². The normalized spacial score (nSPS) is 13.3. The zero-order valence-electron chi connectivity index (χ0n) is 35.3. The van der Waals surface area contributed by atoms with Crippen LogP contribution in [0.4, 0.5) is 0 Å². The fourth-order valence-corrected chi connectivity index (χ4v) is 10.2. The fourth-order valence-electron chi connectivity index (χ4n) is 10.2. The highest BCUT2D eigenvalue weighted by atomic mass is 16.3. The van der Waals surface area contributed by atoms with Crippen LogP contribution in [0, 0.1) is 0 Å². The van der Waals surface area contributed by atoms with Gasteiger partial charge in [-0.25, -0.2) is 0 Å². The van der Waals surface area contributed by atoms with Crippen LogP contribution in [-0.2, 0) is 5.41 Å². The quantitative estimate of drug-likeness (QED) is 0.146. The first kappa shape index (κ1) is 37.1. The molecule has 0 N–H and O–H groups in total. The van der Waals surface area contributed by atoms with Gasteiger partial charge in [-0.15, -0.1) is 0 Å². The summed E-state index contributed by atoms with van der Waals surface area (Å²) in [5.41, 5.74) is 20.6. The summed E-state index contributed by atoms with van der Waals surface area (Å²) in [5.74, 6) is 0.0101. The third-order valence-electron chi connectivity index (χ3n) is 13.6. The van der Waals surface area contributed by atoms with E-state index in [1.165, 1.54) is 94.2 Å². The SMILES string of the molecule is CC1(C)c2cc(-c3ccc4ccccc4c3)ccc2-c2ccc(C(c3ccc(-c4ccc(-c5ccccc5)cc4)cc3)c3cccc(-c4ccc5oc6ccccc6c5c4)c3)cc21. The van der Waals surface area contributed by atoms with E-state index in [1.54, 1.807) is 0 Å². The molecule has 1 aliphatic carbocycles. The number of benzene rings is 10. The summed E-state index contributed by atoms with van der Waals surface area (Å²) in [6, 6.07) is 82.6. The van der Waals surface area contributed by atoms with Crippen LogP contribution in [0.1, 0.15) is 47.6 Å². The summed E-state index contributed by atoms with van der Waals surface area (Å²) in [6.07, 6.45) is 0. The molecule has 12 rings (SSSR count). The maximum Gasteiger partial charge on any atom is 0.135 e. The van der Waals surface area contributed by atoms with Gasteiger partial charge in [0.15, 0.2) is 0 Å². The van der Waals surface area contributed by atoms with E-state index in [-0.39, 0.29) is 11.3 Å². The molecule has 1 unspecified atom stereocenters. The second kappa shape index (κ2) is 14.7. The van der Waals surface area contributed by atoms with Gasteiger partial charge >= 0.3 is 0 Å². The highest BCUT2D eigenvalue weighted by molar-refractivity contribution is 6.06. The molecule has 0 saturated carbocycles. The van der Waals surface area contributed by atoms with Crippen molar-refractivity contribution in [3.8, 4) is 55.6 Å². The highest BCUT2D eigenvalue weighted by Crippen LogP contribution is 2.51. The molecule has 1 nitrogen and oxygen atoms in total. The molecular weight excluding hydrogens is 761 g/mol. The predicted octanol–water partition coefficient (Wildman–Crippen LogP) is 16.9. The third-order valence-corrected chi connectivity index (χ3v) is 13.6. The van der Waals surface area contributed by atoms with E-state index >= 15 is 0 Å². The summed E-state index contributed by atoms with van der Waals surface area (Å²) >= 11 is 0. The summed E-state index contributed by atoms with van der Waals surface area (Å²) in [6.45, 7) is 4.80. The van der Waals surface area contributed by atoms with Crippen molar-refractivity contribution < 1.29 is 4.42 Å². The Labute approximate surface area is 368 Å². The standard InChI is InChI=1S/C62H44O/c1-62(2)57-38-50(48-28-25-41-13-6-7-14-46(41)35-48)29-32-53(57)54-33-30-52(39-58(54)62)61(45-26-23-44(24-27-45)43-21-19-42(20-22-43)40-11-4-3-5-12-40)51-16-10-15-47(36-51)49-31-34-60-56(37-49)55-17-8-9-18-59(55)63-60/h3-39,61H,1-2H3. The molecule has 0 amide bonds. The van der Waals surface area contributed by atoms with Gasteiger partial charge in [0, 0.05) is 22.1 Å². The molecule has 1 atom stereocenters. The van der Waals surface area contributed by atoms with E-state index in [4.69, 9.17) is 4.42 Å². The number of para-hydroxylation sites is 1. The Morgan fingerprint density at radius 2 is 0.825 bits per heavy atom. The smallest absolute Gasteiger partial charge is 0.135 e. The first-order chi connectivity index (χ1) is 30.9. The molecule has 0 aliphatic heterocycles. The van der Waals surface area contributed by atoms with Gasteiger partial charge in [0.05, 0.1) is 0 Å². The molecule has 0 fully saturated rings. The summed E-state index contributed by atoms with van der Waals surface area (Å²) in [4.78, 5) is 0. The van der Waals surface area contributed by atoms with Gasteiger partial charge in [0.2, 0.25) is 0 Å². The molecule has 1 heteroatoms. The Balaban J connectivity index is 0.945. The van der Waals surface area contributed by atoms with Crippen LogP contribution in [0.3, 0.4) is 0 Å². The second-order valence-corrected chi connectivity index (χ2v) is 17.7. The number of fused-ring (bicyclic) bond motifs is 7. The van der Waals surface area contributed by atoms with Gasteiger partial charge in [-0.1, -0.05) is 208 Å². The van der Waals surface area contributed by atoms with Crippen molar-refractivity contribution in [2.45, 2.75) is 25.2 Å². The van der Waals surface area contributed by atoms with Crippen LogP contribution in [-0.4, -0.2) is 0 Å². The van der Waals surface area contributed by atoms with Gasteiger partial charge in [-0.2, -0.15) is 0 Å². The lowest BCUT2D eigenvalue weighted by Crippen LogP contribution is -2.16. The molecule has 63 heavy (non-hydrogen) atoms. The van der Waals surface area contributed by atoms with Gasteiger partial charge < -0.3 is 4.42 Å². The Bertz CT molecular complexity index is 3510. The number of furan rings is 1. The molecule has 0 bridgehead atoms. The van der Waals surface area contributed by atoms with Crippen LogP contribution >= 0.6 is 0 Å². The van der Waals surface area contributed by atoms with E-state index < -0.39 is 0 Å². The first-order valence-corrected chi connectivity index (χ1v) is 22.0. The average molecular weight is 805 g/mol. The summed E-state index contributed by atoms with van der Waals surface area (Å²) < 4.78 is 6.21. The second-order valence-electron chi connectivity index (χ2n) is 17.7. The van der Waals surface area contributed by atoms with Crippen molar-refractivity contribution in [1.82, 2.24) is 0 Å². The molecule has 1 heterocycles. The molecule has 11 aromatic rings. The topological polar surface area (TPSA) is 13.1 Å². The zero-order valence-corrected chi connectivity index (χ0v) is 35.3. The first-order valence-electron chi connectivity index (χ1n) is 22.0. The van der Waals surface area contributed by atoms with Crippen LogP contribution in [0.2, 0.25) is 0 Å². The third kappa shape index (κ3) is 6.39. The molecular formula is C62H44O. The van der Waals surface area contributed by atoms with Crippen molar-refractivity contribution >= 4 is 32.7 Å². The molecule has 0 spiro atoms. The van der Waals surface area contributed by atoms with E-state index in [1.807, 2.05) is 12.1 Å². The Kier molecular flexibility index (Phi) is 8.66. The van der Waals surface area contributed by atoms with Gasteiger partial charge in [-0.3, -0.25) is 0 Å². The van der Waals surface area contributed by atoms with Gasteiger partial charge in [-0.05, 0) is 125 Å². The Morgan fingerprint density at radius 3 is 1.62 bits per heavy atom. The van der Waals surface area contributed by atoms with Gasteiger partial charge in [0.1, 0.15) is 11.2 Å². The lowest BCUT2D eigenvalue weighted by Gasteiger charge is -2.25. The summed E-state index contributed by atoms with van der Waals surface area (Å²) in [7, 11) is 0. The minimum Gasteiger partial charge on any atom is -0.456 e. The molecule has 1 aliphatic rings. The van der Waals surface area contributed by atoms with E-state index in [9.17, 15) is 0 Å². The van der Waals surface area contributed by atoms with E-state index in [0.29, 0.717) is 0 Å². The molecule has 10 aromatic carbocycles. The molecule has 0 radical (unpaired) electrons. The van der Waals surface area contributed by atoms with E-state index in [2.05, 4.69) is 226 Å². The molecule has 298 valence electrons. The molecule has 1 aromatic heterocycles. The number of hydrogen-bond donors (Lipinski definition) is 0. The highest BCUT2D eigenvalue weighted by Gasteiger charge is 2.36. The Morgan fingerprint density at radius 1 is 0.317 bits per heavy atom. The minimum atomic E-state index is -0.182. The van der Waals surface area contributed by atoms with E-state index in [0.717, 1.165) is 21.9 Å². The zero-order chi connectivity index (χ0) is 42.1. The number of hydrogen-bond acceptors (Lipinski definition) is 1. The van der Waals surface area contributed by atoms with Crippen molar-refractivity contribution in [1.29, 1.82) is 0 Å². The summed E-state index contributed by atoms with van der Waals surface area (Å²) in [5, 5.41) is 4.82.